The molecule has 5 aliphatic rings. The molecule has 16 heteroatoms. The van der Waals surface area contributed by atoms with E-state index in [0.717, 1.165) is 93.1 Å². The summed E-state index contributed by atoms with van der Waals surface area (Å²) in [5.74, 6) is 2.32. The highest BCUT2D eigenvalue weighted by atomic mass is 19.3. The van der Waals surface area contributed by atoms with Crippen LogP contribution in [0.15, 0.2) is 67.0 Å². The van der Waals surface area contributed by atoms with Gasteiger partial charge in [-0.2, -0.15) is 15.5 Å². The van der Waals surface area contributed by atoms with Gasteiger partial charge in [-0.05, 0) is 103 Å². The smallest absolute Gasteiger partial charge is 0.264 e. The molecule has 3 fully saturated rings. The molecular formula is C58H72F2N10O4. The highest BCUT2D eigenvalue weighted by Gasteiger charge is 2.64. The summed E-state index contributed by atoms with van der Waals surface area (Å²) in [5.41, 5.74) is 6.71. The number of piperidine rings is 2. The molecular weight excluding hydrogens is 939 g/mol. The number of rotatable bonds is 12. The summed E-state index contributed by atoms with van der Waals surface area (Å²) in [4.78, 5) is 35.7. The van der Waals surface area contributed by atoms with Crippen molar-refractivity contribution in [1.29, 1.82) is 5.26 Å². The number of methoxy groups -OCH3 is 1. The highest BCUT2D eigenvalue weighted by Crippen LogP contribution is 2.56. The Labute approximate surface area is 434 Å². The maximum absolute atomic E-state index is 14.8. The Morgan fingerprint density at radius 1 is 0.932 bits per heavy atom. The second kappa shape index (κ2) is 19.7. The molecule has 0 spiro atoms. The molecule has 14 nitrogen and oxygen atoms in total. The number of aryl methyl sites for hydroxylation is 2. The molecule has 1 unspecified atom stereocenters. The van der Waals surface area contributed by atoms with Crippen molar-refractivity contribution in [3.05, 3.63) is 101 Å². The number of carbonyl (C=O) groups is 2. The second-order valence-electron chi connectivity index (χ2n) is 23.4. The average molecular weight is 1010 g/mol. The monoisotopic (exact) mass is 1010 g/mol. The van der Waals surface area contributed by atoms with E-state index in [-0.39, 0.29) is 51.8 Å². The summed E-state index contributed by atoms with van der Waals surface area (Å²) in [6, 6.07) is 19.1. The molecule has 6 heterocycles. The van der Waals surface area contributed by atoms with Crippen molar-refractivity contribution in [2.24, 2.45) is 29.2 Å². The minimum atomic E-state index is -2.66. The number of nitrogens with one attached hydrogen (secondary N) is 1. The third-order valence-corrected chi connectivity index (χ3v) is 17.4. The minimum Gasteiger partial charge on any atom is -0.495 e. The zero-order valence-corrected chi connectivity index (χ0v) is 44.6. The lowest BCUT2D eigenvalue weighted by Crippen LogP contribution is -2.74. The highest BCUT2D eigenvalue weighted by molar-refractivity contribution is 5.95. The first-order valence-electron chi connectivity index (χ1n) is 26.5. The molecule has 74 heavy (non-hydrogen) atoms. The molecule has 2 amide bonds. The van der Waals surface area contributed by atoms with Gasteiger partial charge in [0, 0.05) is 135 Å². The number of ether oxygens (including phenoxy) is 2. The Morgan fingerprint density at radius 2 is 1.68 bits per heavy atom. The zero-order valence-electron chi connectivity index (χ0n) is 44.6. The van der Waals surface area contributed by atoms with Gasteiger partial charge in [-0.3, -0.25) is 19.0 Å². The van der Waals surface area contributed by atoms with Gasteiger partial charge in [-0.1, -0.05) is 41.5 Å². The molecule has 2 saturated heterocycles. The van der Waals surface area contributed by atoms with E-state index in [1.807, 2.05) is 23.1 Å². The number of aromatic nitrogens is 4. The van der Waals surface area contributed by atoms with Crippen molar-refractivity contribution < 1.29 is 27.8 Å². The molecule has 1 atom stereocenters. The Hall–Kier alpha value is -6.47. The molecule has 1 N–H and O–H groups in total. The predicted molar refractivity (Wildman–Crippen MR) is 282 cm³/mol. The fourth-order valence-corrected chi connectivity index (χ4v) is 13.5. The molecule has 5 aromatic rings. The summed E-state index contributed by atoms with van der Waals surface area (Å²) in [5, 5.41) is 22.4. The quantitative estimate of drug-likeness (QED) is 0.129. The fourth-order valence-electron chi connectivity index (χ4n) is 13.5. The van der Waals surface area contributed by atoms with Crippen LogP contribution < -0.4 is 24.6 Å². The molecule has 0 radical (unpaired) electrons. The summed E-state index contributed by atoms with van der Waals surface area (Å²) in [6.45, 7) is 21.4. The number of alkyl halides is 2. The summed E-state index contributed by atoms with van der Waals surface area (Å²) < 4.78 is 45.5. The molecule has 1 saturated carbocycles. The van der Waals surface area contributed by atoms with Crippen LogP contribution in [0.5, 0.6) is 11.5 Å². The third kappa shape index (κ3) is 9.38. The standard InChI is InChI=1S/C58H72F2N10O4/c1-36(71)67-26-21-48-47(34-67)52(69-22-10-11-38-27-45(40-31-62-65(8)32-40)46(51(59)60)29-49(38)69)64-70(48)43-19-23-66(24-20-43)33-41-18-25-68(35-56(41,2)3)42-15-12-37(13-16-42)53(72)63-54-57(4,5)55(58(54,6)7)74-44-17-14-39(30-61)50(28-44)73-9/h12-17,27-29,31-32,41,43,51,54-55H,10-11,18-26,33-35H2,1-9H3,(H,63,72). The number of likely N-dealkylation sites (tertiary alicyclic amines) is 1. The van der Waals surface area contributed by atoms with E-state index in [1.165, 1.54) is 5.69 Å². The maximum Gasteiger partial charge on any atom is 0.264 e. The van der Waals surface area contributed by atoms with E-state index in [1.54, 1.807) is 62.4 Å². The predicted octanol–water partition coefficient (Wildman–Crippen LogP) is 9.89. The van der Waals surface area contributed by atoms with Crippen molar-refractivity contribution in [2.45, 2.75) is 118 Å². The van der Waals surface area contributed by atoms with Crippen LogP contribution in [0.25, 0.3) is 11.1 Å². The van der Waals surface area contributed by atoms with Gasteiger partial charge in [0.1, 0.15) is 23.7 Å². The Balaban J connectivity index is 0.767. The zero-order chi connectivity index (χ0) is 52.4. The van der Waals surface area contributed by atoms with Crippen LogP contribution in [0.2, 0.25) is 0 Å². The van der Waals surface area contributed by atoms with Crippen LogP contribution in [0.3, 0.4) is 0 Å². The number of carbonyl (C=O) groups excluding carboxylic acids is 2. The van der Waals surface area contributed by atoms with Gasteiger partial charge >= 0.3 is 0 Å². The number of fused-ring (bicyclic) bond motifs is 2. The van der Waals surface area contributed by atoms with Gasteiger partial charge in [0.25, 0.3) is 12.3 Å². The van der Waals surface area contributed by atoms with Crippen LogP contribution in [-0.4, -0.2) is 106 Å². The topological polar surface area (TPSA) is 137 Å². The fraction of sp³-hybridized carbons (Fsp3) is 0.534. The van der Waals surface area contributed by atoms with E-state index < -0.39 is 6.43 Å². The maximum atomic E-state index is 14.8. The number of nitrogens with zero attached hydrogens (tertiary/aromatic N) is 9. The van der Waals surface area contributed by atoms with Crippen molar-refractivity contribution in [3.8, 4) is 28.7 Å². The summed E-state index contributed by atoms with van der Waals surface area (Å²) >= 11 is 0. The minimum absolute atomic E-state index is 0.0103. The molecule has 392 valence electrons. The van der Waals surface area contributed by atoms with Gasteiger partial charge < -0.3 is 34.4 Å². The van der Waals surface area contributed by atoms with Crippen molar-refractivity contribution >= 4 is 29.0 Å². The lowest BCUT2D eigenvalue weighted by atomic mass is 9.49. The second-order valence-corrected chi connectivity index (χ2v) is 23.4. The lowest BCUT2D eigenvalue weighted by Gasteiger charge is -2.63. The van der Waals surface area contributed by atoms with E-state index in [2.05, 4.69) is 89.5 Å². The van der Waals surface area contributed by atoms with Crippen LogP contribution in [-0.2, 0) is 31.2 Å². The van der Waals surface area contributed by atoms with Gasteiger partial charge in [-0.25, -0.2) is 8.78 Å². The number of benzene rings is 3. The van der Waals surface area contributed by atoms with Crippen molar-refractivity contribution in [3.63, 3.8) is 0 Å². The Kier molecular flexibility index (Phi) is 13.6. The number of hydrogen-bond acceptors (Lipinski definition) is 10. The number of hydrogen-bond donors (Lipinski definition) is 1. The Bertz CT molecular complexity index is 2950. The lowest BCUT2D eigenvalue weighted by molar-refractivity contribution is -0.164. The largest absolute Gasteiger partial charge is 0.495 e. The molecule has 10 rings (SSSR count). The summed E-state index contributed by atoms with van der Waals surface area (Å²) in [7, 11) is 3.33. The first kappa shape index (κ1) is 51.0. The van der Waals surface area contributed by atoms with E-state index in [0.29, 0.717) is 65.7 Å². The van der Waals surface area contributed by atoms with Gasteiger partial charge in [0.05, 0.1) is 31.5 Å². The van der Waals surface area contributed by atoms with Crippen LogP contribution in [0.1, 0.15) is 125 Å². The van der Waals surface area contributed by atoms with Crippen molar-refractivity contribution in [2.75, 3.05) is 62.7 Å². The van der Waals surface area contributed by atoms with Crippen LogP contribution >= 0.6 is 0 Å². The molecule has 4 aliphatic heterocycles. The number of nitriles is 1. The number of anilines is 3. The normalized spacial score (nSPS) is 22.4. The molecule has 3 aromatic carbocycles. The summed E-state index contributed by atoms with van der Waals surface area (Å²) in [6.07, 6.45) is 5.93. The van der Waals surface area contributed by atoms with Gasteiger partial charge in [0.2, 0.25) is 5.91 Å². The van der Waals surface area contributed by atoms with E-state index in [4.69, 9.17) is 14.6 Å². The van der Waals surface area contributed by atoms with Crippen LogP contribution in [0.4, 0.5) is 26.0 Å². The average Bonchev–Trinajstić information content (AvgIpc) is 4.00. The first-order valence-corrected chi connectivity index (χ1v) is 26.5. The van der Waals surface area contributed by atoms with Crippen LogP contribution in [0, 0.1) is 33.5 Å². The van der Waals surface area contributed by atoms with Crippen molar-refractivity contribution in [1.82, 2.24) is 34.7 Å². The third-order valence-electron chi connectivity index (χ3n) is 17.4. The van der Waals surface area contributed by atoms with Gasteiger partial charge in [-0.15, -0.1) is 0 Å². The first-order chi connectivity index (χ1) is 35.3. The molecule has 0 bridgehead atoms. The number of amides is 2. The SMILES string of the molecule is COc1cc(OC2C(C)(C)C(NC(=O)c3ccc(N4CCC(CN5CCC(n6nc(N7CCCc8cc(-c9cnn(C)c9)c(C(F)F)cc87)c7c6CCN(C(C)=O)C7)CC5)C(C)(C)C4)cc3)C2(C)C)ccc1C#N. The molecule has 2 aromatic heterocycles. The van der Waals surface area contributed by atoms with E-state index in [9.17, 15) is 23.6 Å². The van der Waals surface area contributed by atoms with Gasteiger partial charge in [0.15, 0.2) is 5.82 Å². The van der Waals surface area contributed by atoms with E-state index >= 15 is 0 Å². The number of halogens is 2. The molecule has 1 aliphatic carbocycles. The Morgan fingerprint density at radius 3 is 2.32 bits per heavy atom.